The Morgan fingerprint density at radius 2 is 1.50 bits per heavy atom. The van der Waals surface area contributed by atoms with Crippen LogP contribution in [0.25, 0.3) is 0 Å². The van der Waals surface area contributed by atoms with Crippen molar-refractivity contribution in [2.24, 2.45) is 0 Å². The lowest BCUT2D eigenvalue weighted by Crippen LogP contribution is -2.42. The maximum Gasteiger partial charge on any atom is 0.336 e. The molecule has 32 heavy (non-hydrogen) atoms. The highest BCUT2D eigenvalue weighted by atomic mass is 32.1. The summed E-state index contributed by atoms with van der Waals surface area (Å²) in [6.07, 6.45) is -1.21. The smallest absolute Gasteiger partial charge is 0.336 e. The van der Waals surface area contributed by atoms with Gasteiger partial charge in [0.15, 0.2) is 5.60 Å². The number of nitrogens with zero attached hydrogens (tertiary/aromatic N) is 1. The minimum absolute atomic E-state index is 0.207. The molecule has 0 saturated heterocycles. The van der Waals surface area contributed by atoms with Gasteiger partial charge in [-0.3, -0.25) is 14.5 Å². The van der Waals surface area contributed by atoms with E-state index < -0.39 is 36.4 Å². The highest BCUT2D eigenvalue weighted by Gasteiger charge is 2.40. The Hall–Kier alpha value is -2.79. The van der Waals surface area contributed by atoms with E-state index in [9.17, 15) is 19.5 Å². The topological polar surface area (TPSA) is 156 Å². The maximum atomic E-state index is 10.3. The van der Waals surface area contributed by atoms with Crippen molar-refractivity contribution in [3.8, 4) is 0 Å². The number of benzene rings is 1. The monoisotopic (exact) mass is 467 g/mol. The number of aliphatic hydroxyl groups excluding tert-OH is 1. The van der Waals surface area contributed by atoms with E-state index in [1.165, 1.54) is 16.0 Å². The fourth-order valence-electron chi connectivity index (χ4n) is 2.83. The molecule has 0 unspecified atom stereocenters. The Kier molecular flexibility index (Phi) is 11.6. The maximum absolute atomic E-state index is 10.3. The number of aliphatic carboxylic acids is 3. The van der Waals surface area contributed by atoms with Gasteiger partial charge in [0.05, 0.1) is 19.4 Å². The lowest BCUT2D eigenvalue weighted by molar-refractivity contribution is -0.170. The summed E-state index contributed by atoms with van der Waals surface area (Å²) in [5.41, 5.74) is -0.0598. The van der Waals surface area contributed by atoms with E-state index in [0.717, 1.165) is 19.5 Å². The van der Waals surface area contributed by atoms with Crippen LogP contribution in [0.3, 0.4) is 0 Å². The lowest BCUT2D eigenvalue weighted by Gasteiger charge is -2.20. The van der Waals surface area contributed by atoms with Gasteiger partial charge in [-0.15, -0.1) is 11.3 Å². The van der Waals surface area contributed by atoms with Crippen LogP contribution in [0.4, 0.5) is 0 Å². The Balaban J connectivity index is 0.000000347. The summed E-state index contributed by atoms with van der Waals surface area (Å²) in [5.74, 6) is -5.02. The first-order valence-corrected chi connectivity index (χ1v) is 10.8. The molecule has 0 atom stereocenters. The minimum atomic E-state index is -2.74. The lowest BCUT2D eigenvalue weighted by atomic mass is 9.96. The van der Waals surface area contributed by atoms with E-state index in [1.54, 1.807) is 11.3 Å². The van der Waals surface area contributed by atoms with Crippen LogP contribution in [-0.4, -0.2) is 67.1 Å². The second-order valence-corrected chi connectivity index (χ2v) is 8.19. The van der Waals surface area contributed by atoms with E-state index in [0.29, 0.717) is 6.54 Å². The molecule has 0 fully saturated rings. The molecular formula is C22H29NO8S. The van der Waals surface area contributed by atoms with Crippen LogP contribution in [0.15, 0.2) is 41.8 Å². The van der Waals surface area contributed by atoms with Gasteiger partial charge < -0.3 is 25.5 Å². The molecule has 0 amide bonds. The zero-order valence-corrected chi connectivity index (χ0v) is 18.6. The van der Waals surface area contributed by atoms with Crippen molar-refractivity contribution in [3.05, 3.63) is 57.8 Å². The average Bonchev–Trinajstić information content (AvgIpc) is 3.21. The van der Waals surface area contributed by atoms with Gasteiger partial charge in [0, 0.05) is 24.5 Å². The molecule has 0 radical (unpaired) electrons. The van der Waals surface area contributed by atoms with E-state index in [2.05, 4.69) is 53.6 Å². The third kappa shape index (κ3) is 10.0. The highest BCUT2D eigenvalue weighted by molar-refractivity contribution is 7.09. The molecule has 0 aliphatic heterocycles. The van der Waals surface area contributed by atoms with Crippen molar-refractivity contribution >= 4 is 29.2 Å². The molecule has 0 bridgehead atoms. The predicted molar refractivity (Wildman–Crippen MR) is 118 cm³/mol. The zero-order chi connectivity index (χ0) is 24.1. The summed E-state index contributed by atoms with van der Waals surface area (Å²) < 4.78 is 0. The van der Waals surface area contributed by atoms with Crippen molar-refractivity contribution in [1.82, 2.24) is 4.90 Å². The number of carbonyl (C=O) groups is 3. The average molecular weight is 468 g/mol. The molecule has 0 spiro atoms. The van der Waals surface area contributed by atoms with Gasteiger partial charge >= 0.3 is 17.9 Å². The first kappa shape index (κ1) is 27.2. The van der Waals surface area contributed by atoms with Crippen LogP contribution in [-0.2, 0) is 33.9 Å². The third-order valence-electron chi connectivity index (χ3n) is 4.50. The Labute approximate surface area is 190 Å². The van der Waals surface area contributed by atoms with Crippen molar-refractivity contribution < 1.29 is 39.9 Å². The largest absolute Gasteiger partial charge is 0.481 e. The number of thiophene rings is 1. The summed E-state index contributed by atoms with van der Waals surface area (Å²) >= 11 is 1.77. The number of carboxylic acid groups (broad SMARTS) is 3. The van der Waals surface area contributed by atoms with E-state index in [1.807, 2.05) is 0 Å². The summed E-state index contributed by atoms with van der Waals surface area (Å²) in [7, 11) is 0. The minimum Gasteiger partial charge on any atom is -0.481 e. The van der Waals surface area contributed by atoms with Gasteiger partial charge in [-0.25, -0.2) is 4.79 Å². The van der Waals surface area contributed by atoms with Crippen molar-refractivity contribution in [2.75, 3.05) is 13.2 Å². The molecule has 9 nitrogen and oxygen atoms in total. The Morgan fingerprint density at radius 3 is 1.91 bits per heavy atom. The van der Waals surface area contributed by atoms with Gasteiger partial charge in [-0.2, -0.15) is 0 Å². The SMILES string of the molecule is CCc1ccc(CN(CCO)Cc2cccs2)cc1.O=C(O)CC(O)(CC(=O)O)C(=O)O. The first-order chi connectivity index (χ1) is 15.1. The van der Waals surface area contributed by atoms with Gasteiger partial charge in [-0.1, -0.05) is 37.3 Å². The molecule has 0 aliphatic carbocycles. The van der Waals surface area contributed by atoms with E-state index in [4.69, 9.17) is 20.4 Å². The van der Waals surface area contributed by atoms with Crippen LogP contribution in [0.2, 0.25) is 0 Å². The fourth-order valence-corrected chi connectivity index (χ4v) is 3.58. The number of carboxylic acids is 3. The number of hydrogen-bond acceptors (Lipinski definition) is 7. The molecule has 0 aliphatic rings. The summed E-state index contributed by atoms with van der Waals surface area (Å²) in [6.45, 7) is 4.89. The molecular weight excluding hydrogens is 438 g/mol. The van der Waals surface area contributed by atoms with E-state index >= 15 is 0 Å². The van der Waals surface area contributed by atoms with Crippen molar-refractivity contribution in [2.45, 2.75) is 44.9 Å². The zero-order valence-electron chi connectivity index (χ0n) is 17.8. The van der Waals surface area contributed by atoms with Crippen LogP contribution in [0, 0.1) is 0 Å². The normalized spacial score (nSPS) is 11.0. The third-order valence-corrected chi connectivity index (χ3v) is 5.36. The van der Waals surface area contributed by atoms with Crippen LogP contribution >= 0.6 is 11.3 Å². The summed E-state index contributed by atoms with van der Waals surface area (Å²) in [4.78, 5) is 34.1. The number of rotatable bonds is 12. The molecule has 1 aromatic carbocycles. The van der Waals surface area contributed by atoms with E-state index in [-0.39, 0.29) is 6.61 Å². The Morgan fingerprint density at radius 1 is 0.938 bits per heavy atom. The fraction of sp³-hybridized carbons (Fsp3) is 0.409. The molecule has 1 heterocycles. The molecule has 1 aromatic heterocycles. The molecule has 5 N–H and O–H groups in total. The second kappa shape index (κ2) is 13.6. The molecule has 2 aromatic rings. The van der Waals surface area contributed by atoms with Crippen molar-refractivity contribution in [3.63, 3.8) is 0 Å². The number of hydrogen-bond donors (Lipinski definition) is 5. The second-order valence-electron chi connectivity index (χ2n) is 7.16. The number of aliphatic hydroxyl groups is 2. The molecule has 176 valence electrons. The quantitative estimate of drug-likeness (QED) is 0.315. The van der Waals surface area contributed by atoms with Crippen molar-refractivity contribution in [1.29, 1.82) is 0 Å². The van der Waals surface area contributed by atoms with Crippen LogP contribution in [0.1, 0.15) is 35.8 Å². The predicted octanol–water partition coefficient (Wildman–Crippen LogP) is 2.06. The molecule has 0 saturated carbocycles. The number of aryl methyl sites for hydroxylation is 1. The standard InChI is InChI=1S/C16H21NOS.C6H8O7/c1-2-14-5-7-15(8-6-14)12-17(9-10-18)13-16-4-3-11-19-16;7-3(8)1-6(13,5(11)12)2-4(9)10/h3-8,11,18H,2,9-10,12-13H2,1H3;13H,1-2H2,(H,7,8)(H,9,10)(H,11,12). The molecule has 2 rings (SSSR count). The highest BCUT2D eigenvalue weighted by Crippen LogP contribution is 2.16. The van der Waals surface area contributed by atoms with Gasteiger partial charge in [0.1, 0.15) is 0 Å². The van der Waals surface area contributed by atoms with Crippen LogP contribution < -0.4 is 0 Å². The van der Waals surface area contributed by atoms with Crippen LogP contribution in [0.5, 0.6) is 0 Å². The van der Waals surface area contributed by atoms with Gasteiger partial charge in [0.25, 0.3) is 0 Å². The first-order valence-electron chi connectivity index (χ1n) is 9.92. The summed E-state index contributed by atoms with van der Waals surface area (Å²) in [5, 5.41) is 45.1. The van der Waals surface area contributed by atoms with Gasteiger partial charge in [-0.05, 0) is 29.0 Å². The van der Waals surface area contributed by atoms with Gasteiger partial charge in [0.2, 0.25) is 0 Å². The Bertz CT molecular complexity index is 835. The molecule has 10 heteroatoms. The summed E-state index contributed by atoms with van der Waals surface area (Å²) in [6, 6.07) is 13.0.